The number of nitrogens with one attached hydrogen (secondary N) is 1. The van der Waals surface area contributed by atoms with Crippen molar-refractivity contribution in [1.82, 2.24) is 9.78 Å². The second kappa shape index (κ2) is 6.29. The molecule has 134 valence electrons. The van der Waals surface area contributed by atoms with Gasteiger partial charge in [0, 0.05) is 16.8 Å². The SMILES string of the molecule is COc1cc(C2Nc3ccccc3-c3cc(C)nn32)cc(OC)c1OC. The number of ether oxygens (including phenoxy) is 3. The summed E-state index contributed by atoms with van der Waals surface area (Å²) in [6.07, 6.45) is -0.178. The molecule has 1 aliphatic rings. The van der Waals surface area contributed by atoms with E-state index in [1.807, 2.05) is 35.9 Å². The third-order valence-corrected chi connectivity index (χ3v) is 4.60. The van der Waals surface area contributed by atoms with Crippen LogP contribution in [0.4, 0.5) is 5.69 Å². The van der Waals surface area contributed by atoms with Crippen LogP contribution in [-0.4, -0.2) is 31.1 Å². The second-order valence-corrected chi connectivity index (χ2v) is 6.17. The van der Waals surface area contributed by atoms with Gasteiger partial charge in [0.05, 0.1) is 32.7 Å². The number of para-hydroxylation sites is 1. The summed E-state index contributed by atoms with van der Waals surface area (Å²) >= 11 is 0. The number of hydrogen-bond donors (Lipinski definition) is 1. The van der Waals surface area contributed by atoms with E-state index in [2.05, 4.69) is 23.5 Å². The molecule has 26 heavy (non-hydrogen) atoms. The number of hydrogen-bond acceptors (Lipinski definition) is 5. The summed E-state index contributed by atoms with van der Waals surface area (Å²) in [6, 6.07) is 14.2. The van der Waals surface area contributed by atoms with E-state index in [0.717, 1.165) is 28.2 Å². The van der Waals surface area contributed by atoms with E-state index >= 15 is 0 Å². The summed E-state index contributed by atoms with van der Waals surface area (Å²) in [5.41, 5.74) is 5.22. The van der Waals surface area contributed by atoms with E-state index in [0.29, 0.717) is 17.2 Å². The Labute approximate surface area is 152 Å². The number of rotatable bonds is 4. The molecule has 1 unspecified atom stereocenters. The third kappa shape index (κ3) is 2.45. The Balaban J connectivity index is 1.89. The molecule has 0 spiro atoms. The fraction of sp³-hybridized carbons (Fsp3) is 0.250. The number of aromatic nitrogens is 2. The summed E-state index contributed by atoms with van der Waals surface area (Å²) in [5.74, 6) is 1.81. The van der Waals surface area contributed by atoms with Crippen molar-refractivity contribution >= 4 is 5.69 Å². The molecule has 6 nitrogen and oxygen atoms in total. The topological polar surface area (TPSA) is 57.5 Å². The summed E-state index contributed by atoms with van der Waals surface area (Å²) in [5, 5.41) is 8.27. The standard InChI is InChI=1S/C20H21N3O3/c1-12-9-16-14-7-5-6-8-15(14)21-20(23(16)22-12)13-10-17(24-2)19(26-4)18(11-13)25-3/h5-11,20-21H,1-4H3. The number of fused-ring (bicyclic) bond motifs is 3. The predicted molar refractivity (Wildman–Crippen MR) is 100 cm³/mol. The van der Waals surface area contributed by atoms with Gasteiger partial charge in [-0.15, -0.1) is 0 Å². The average molecular weight is 351 g/mol. The van der Waals surface area contributed by atoms with E-state index in [-0.39, 0.29) is 6.17 Å². The van der Waals surface area contributed by atoms with Crippen LogP contribution in [-0.2, 0) is 0 Å². The van der Waals surface area contributed by atoms with Crippen LogP contribution in [0.15, 0.2) is 42.5 Å². The first kappa shape index (κ1) is 16.3. The monoisotopic (exact) mass is 351 g/mol. The zero-order valence-electron chi connectivity index (χ0n) is 15.2. The first-order valence-electron chi connectivity index (χ1n) is 8.38. The molecule has 0 fully saturated rings. The van der Waals surface area contributed by atoms with Gasteiger partial charge in [0.15, 0.2) is 11.5 Å². The Kier molecular flexibility index (Phi) is 3.95. The molecule has 0 saturated carbocycles. The molecule has 1 N–H and O–H groups in total. The summed E-state index contributed by atoms with van der Waals surface area (Å²) in [6.45, 7) is 2.00. The van der Waals surface area contributed by atoms with Gasteiger partial charge < -0.3 is 19.5 Å². The quantitative estimate of drug-likeness (QED) is 0.773. The van der Waals surface area contributed by atoms with Crippen molar-refractivity contribution in [2.45, 2.75) is 13.1 Å². The van der Waals surface area contributed by atoms with Crippen molar-refractivity contribution in [3.05, 3.63) is 53.7 Å². The first-order chi connectivity index (χ1) is 12.7. The van der Waals surface area contributed by atoms with Crippen molar-refractivity contribution in [2.24, 2.45) is 0 Å². The third-order valence-electron chi connectivity index (χ3n) is 4.60. The smallest absolute Gasteiger partial charge is 0.203 e. The van der Waals surface area contributed by atoms with Crippen LogP contribution < -0.4 is 19.5 Å². The van der Waals surface area contributed by atoms with Crippen LogP contribution in [0.5, 0.6) is 17.2 Å². The van der Waals surface area contributed by atoms with Crippen molar-refractivity contribution in [1.29, 1.82) is 0 Å². The highest BCUT2D eigenvalue weighted by Crippen LogP contribution is 2.43. The summed E-state index contributed by atoms with van der Waals surface area (Å²) in [4.78, 5) is 0. The molecule has 3 aromatic rings. The summed E-state index contributed by atoms with van der Waals surface area (Å²) < 4.78 is 18.5. The fourth-order valence-electron chi connectivity index (χ4n) is 3.44. The number of anilines is 1. The lowest BCUT2D eigenvalue weighted by Crippen LogP contribution is -2.25. The lowest BCUT2D eigenvalue weighted by Gasteiger charge is -2.30. The highest BCUT2D eigenvalue weighted by atomic mass is 16.5. The van der Waals surface area contributed by atoms with E-state index in [1.54, 1.807) is 21.3 Å². The Morgan fingerprint density at radius 3 is 2.31 bits per heavy atom. The van der Waals surface area contributed by atoms with Gasteiger partial charge in [-0.25, -0.2) is 4.68 Å². The number of methoxy groups -OCH3 is 3. The second-order valence-electron chi connectivity index (χ2n) is 6.17. The van der Waals surface area contributed by atoms with Gasteiger partial charge in [0.2, 0.25) is 5.75 Å². The molecule has 6 heteroatoms. The Bertz CT molecular complexity index is 940. The van der Waals surface area contributed by atoms with E-state index in [4.69, 9.17) is 19.3 Å². The molecular formula is C20H21N3O3. The van der Waals surface area contributed by atoms with Gasteiger partial charge in [-0.1, -0.05) is 18.2 Å². The minimum absolute atomic E-state index is 0.178. The van der Waals surface area contributed by atoms with Crippen molar-refractivity contribution in [3.63, 3.8) is 0 Å². The van der Waals surface area contributed by atoms with Gasteiger partial charge >= 0.3 is 0 Å². The fourth-order valence-corrected chi connectivity index (χ4v) is 3.44. The van der Waals surface area contributed by atoms with Crippen LogP contribution in [0.25, 0.3) is 11.3 Å². The minimum atomic E-state index is -0.178. The van der Waals surface area contributed by atoms with Crippen LogP contribution >= 0.6 is 0 Å². The zero-order valence-corrected chi connectivity index (χ0v) is 15.2. The molecular weight excluding hydrogens is 330 g/mol. The molecule has 1 aromatic heterocycles. The van der Waals surface area contributed by atoms with Gasteiger partial charge in [0.25, 0.3) is 0 Å². The highest BCUT2D eigenvalue weighted by Gasteiger charge is 2.28. The van der Waals surface area contributed by atoms with E-state index in [1.165, 1.54) is 0 Å². The molecule has 2 aromatic carbocycles. The average Bonchev–Trinajstić information content (AvgIpc) is 3.07. The number of aryl methyl sites for hydroxylation is 1. The van der Waals surface area contributed by atoms with E-state index in [9.17, 15) is 0 Å². The molecule has 0 radical (unpaired) electrons. The zero-order chi connectivity index (χ0) is 18.3. The summed E-state index contributed by atoms with van der Waals surface area (Å²) in [7, 11) is 4.84. The van der Waals surface area contributed by atoms with Gasteiger partial charge in [-0.05, 0) is 31.2 Å². The lowest BCUT2D eigenvalue weighted by atomic mass is 10.0. The van der Waals surface area contributed by atoms with Crippen LogP contribution in [0, 0.1) is 6.92 Å². The Morgan fingerprint density at radius 2 is 1.65 bits per heavy atom. The molecule has 0 amide bonds. The van der Waals surface area contributed by atoms with Crippen LogP contribution in [0.2, 0.25) is 0 Å². The predicted octanol–water partition coefficient (Wildman–Crippen LogP) is 3.86. The van der Waals surface area contributed by atoms with Crippen molar-refractivity contribution in [3.8, 4) is 28.5 Å². The van der Waals surface area contributed by atoms with E-state index < -0.39 is 0 Å². The highest BCUT2D eigenvalue weighted by molar-refractivity contribution is 5.78. The van der Waals surface area contributed by atoms with Gasteiger partial charge in [-0.3, -0.25) is 0 Å². The van der Waals surface area contributed by atoms with Crippen LogP contribution in [0.3, 0.4) is 0 Å². The molecule has 4 rings (SSSR count). The molecule has 2 heterocycles. The maximum Gasteiger partial charge on any atom is 0.203 e. The van der Waals surface area contributed by atoms with Crippen molar-refractivity contribution in [2.75, 3.05) is 26.6 Å². The van der Waals surface area contributed by atoms with Crippen molar-refractivity contribution < 1.29 is 14.2 Å². The number of benzene rings is 2. The molecule has 0 bridgehead atoms. The maximum absolute atomic E-state index is 5.51. The molecule has 0 saturated heterocycles. The Hall–Kier alpha value is -3.15. The lowest BCUT2D eigenvalue weighted by molar-refractivity contribution is 0.323. The molecule has 0 aliphatic carbocycles. The first-order valence-corrected chi connectivity index (χ1v) is 8.38. The van der Waals surface area contributed by atoms with Gasteiger partial charge in [-0.2, -0.15) is 5.10 Å². The largest absolute Gasteiger partial charge is 0.493 e. The van der Waals surface area contributed by atoms with Crippen LogP contribution in [0.1, 0.15) is 17.4 Å². The maximum atomic E-state index is 5.51. The van der Waals surface area contributed by atoms with Gasteiger partial charge in [0.1, 0.15) is 6.17 Å². The Morgan fingerprint density at radius 1 is 0.962 bits per heavy atom. The normalized spacial score (nSPS) is 14.8. The molecule has 1 aliphatic heterocycles. The number of nitrogens with zero attached hydrogens (tertiary/aromatic N) is 2. The molecule has 1 atom stereocenters. The minimum Gasteiger partial charge on any atom is -0.493 e.